The van der Waals surface area contributed by atoms with Crippen LogP contribution in [0.5, 0.6) is 5.88 Å². The number of hydrogen-bond donors (Lipinski definition) is 2. The van der Waals surface area contributed by atoms with Gasteiger partial charge in [0, 0.05) is 0 Å². The van der Waals surface area contributed by atoms with Gasteiger partial charge < -0.3 is 15.6 Å². The fourth-order valence-electron chi connectivity index (χ4n) is 1.26. The van der Waals surface area contributed by atoms with Crippen LogP contribution in [0.15, 0.2) is 12.3 Å². The Bertz CT molecular complexity index is 366. The van der Waals surface area contributed by atoms with Gasteiger partial charge in [0.1, 0.15) is 5.56 Å². The van der Waals surface area contributed by atoms with Crippen molar-refractivity contribution < 1.29 is 14.6 Å². The van der Waals surface area contributed by atoms with E-state index < -0.39 is 5.97 Å². The third kappa shape index (κ3) is 3.42. The zero-order chi connectivity index (χ0) is 12.0. The standard InChI is InChI=1S/C11H16N2O3/c1-2-3-4-5-16-10-9(11(14)15)6-8(12)7-13-10/h6-7H,2-5,12H2,1H3,(H,14,15). The number of nitrogens with zero attached hydrogens (tertiary/aromatic N) is 1. The molecule has 0 saturated carbocycles. The third-order valence-electron chi connectivity index (χ3n) is 2.09. The van der Waals surface area contributed by atoms with Crippen molar-refractivity contribution in [3.8, 4) is 5.88 Å². The number of nitrogens with two attached hydrogens (primary N) is 1. The van der Waals surface area contributed by atoms with Crippen molar-refractivity contribution in [1.82, 2.24) is 4.98 Å². The summed E-state index contributed by atoms with van der Waals surface area (Å²) in [6, 6.07) is 1.35. The molecule has 0 aliphatic rings. The van der Waals surface area contributed by atoms with Gasteiger partial charge in [0.05, 0.1) is 18.5 Å². The summed E-state index contributed by atoms with van der Waals surface area (Å²) < 4.78 is 5.31. The molecule has 0 atom stereocenters. The number of aromatic carboxylic acids is 1. The van der Waals surface area contributed by atoms with Gasteiger partial charge in [-0.15, -0.1) is 0 Å². The molecule has 0 spiro atoms. The molecule has 0 saturated heterocycles. The molecule has 5 heteroatoms. The first-order chi connectivity index (χ1) is 7.65. The van der Waals surface area contributed by atoms with Gasteiger partial charge >= 0.3 is 5.97 Å². The Morgan fingerprint density at radius 1 is 1.56 bits per heavy atom. The van der Waals surface area contributed by atoms with Crippen LogP contribution < -0.4 is 10.5 Å². The molecule has 0 unspecified atom stereocenters. The van der Waals surface area contributed by atoms with E-state index in [9.17, 15) is 4.79 Å². The minimum absolute atomic E-state index is 0.0106. The molecule has 0 bridgehead atoms. The largest absolute Gasteiger partial charge is 0.477 e. The van der Waals surface area contributed by atoms with Gasteiger partial charge in [0.25, 0.3) is 0 Å². The van der Waals surface area contributed by atoms with Crippen molar-refractivity contribution in [1.29, 1.82) is 0 Å². The number of carboxylic acid groups (broad SMARTS) is 1. The molecule has 1 aromatic rings. The first kappa shape index (κ1) is 12.3. The van der Waals surface area contributed by atoms with Gasteiger partial charge in [-0.25, -0.2) is 9.78 Å². The van der Waals surface area contributed by atoms with Crippen LogP contribution in [0.2, 0.25) is 0 Å². The van der Waals surface area contributed by atoms with E-state index in [0.29, 0.717) is 12.3 Å². The number of nitrogen functional groups attached to an aromatic ring is 1. The highest BCUT2D eigenvalue weighted by molar-refractivity contribution is 5.91. The summed E-state index contributed by atoms with van der Waals surface area (Å²) in [5, 5.41) is 8.92. The highest BCUT2D eigenvalue weighted by atomic mass is 16.5. The molecular weight excluding hydrogens is 208 g/mol. The van der Waals surface area contributed by atoms with Gasteiger partial charge in [0.15, 0.2) is 0 Å². The number of hydrogen-bond acceptors (Lipinski definition) is 4. The van der Waals surface area contributed by atoms with Gasteiger partial charge in [-0.05, 0) is 12.5 Å². The fourth-order valence-corrected chi connectivity index (χ4v) is 1.26. The van der Waals surface area contributed by atoms with Gasteiger partial charge in [-0.3, -0.25) is 0 Å². The average Bonchev–Trinajstić information content (AvgIpc) is 2.26. The first-order valence-corrected chi connectivity index (χ1v) is 5.26. The van der Waals surface area contributed by atoms with Crippen LogP contribution in [0.1, 0.15) is 36.5 Å². The second-order valence-electron chi connectivity index (χ2n) is 3.48. The number of anilines is 1. The highest BCUT2D eigenvalue weighted by Gasteiger charge is 2.12. The van der Waals surface area contributed by atoms with Gasteiger partial charge in [-0.1, -0.05) is 19.8 Å². The van der Waals surface area contributed by atoms with Crippen LogP contribution >= 0.6 is 0 Å². The van der Waals surface area contributed by atoms with Crippen LogP contribution in [0.3, 0.4) is 0 Å². The molecule has 1 aromatic heterocycles. The molecule has 16 heavy (non-hydrogen) atoms. The molecule has 1 heterocycles. The molecule has 0 fully saturated rings. The van der Waals surface area contributed by atoms with Crippen molar-refractivity contribution in [3.63, 3.8) is 0 Å². The van der Waals surface area contributed by atoms with E-state index in [4.69, 9.17) is 15.6 Å². The van der Waals surface area contributed by atoms with Gasteiger partial charge in [0.2, 0.25) is 5.88 Å². The number of carboxylic acids is 1. The molecule has 0 radical (unpaired) electrons. The Kier molecular flexibility index (Phi) is 4.57. The maximum absolute atomic E-state index is 10.9. The molecule has 0 aliphatic heterocycles. The number of unbranched alkanes of at least 4 members (excludes halogenated alkanes) is 2. The SMILES string of the molecule is CCCCCOc1ncc(N)cc1C(=O)O. The number of ether oxygens (including phenoxy) is 1. The van der Waals surface area contributed by atoms with Crippen molar-refractivity contribution in [3.05, 3.63) is 17.8 Å². The second-order valence-corrected chi connectivity index (χ2v) is 3.48. The number of rotatable bonds is 6. The molecule has 5 nitrogen and oxygen atoms in total. The van der Waals surface area contributed by atoms with Crippen molar-refractivity contribution in [2.45, 2.75) is 26.2 Å². The van der Waals surface area contributed by atoms with E-state index in [-0.39, 0.29) is 11.4 Å². The van der Waals surface area contributed by atoms with Crippen LogP contribution in [0, 0.1) is 0 Å². The van der Waals surface area contributed by atoms with Crippen molar-refractivity contribution >= 4 is 11.7 Å². The zero-order valence-corrected chi connectivity index (χ0v) is 9.27. The predicted molar refractivity (Wildman–Crippen MR) is 60.6 cm³/mol. The summed E-state index contributed by atoms with van der Waals surface area (Å²) in [6.45, 7) is 2.56. The lowest BCUT2D eigenvalue weighted by molar-refractivity contribution is 0.0691. The molecule has 0 aliphatic carbocycles. The zero-order valence-electron chi connectivity index (χ0n) is 9.27. The Labute approximate surface area is 94.2 Å². The molecule has 1 rings (SSSR count). The minimum Gasteiger partial charge on any atom is -0.477 e. The average molecular weight is 224 g/mol. The number of aromatic nitrogens is 1. The first-order valence-electron chi connectivity index (χ1n) is 5.26. The summed E-state index contributed by atoms with van der Waals surface area (Å²) in [6.07, 6.45) is 4.42. The lowest BCUT2D eigenvalue weighted by atomic mass is 10.2. The van der Waals surface area contributed by atoms with Crippen molar-refractivity contribution in [2.75, 3.05) is 12.3 Å². The van der Waals surface area contributed by atoms with Crippen LogP contribution in [-0.4, -0.2) is 22.7 Å². The Morgan fingerprint density at radius 2 is 2.31 bits per heavy atom. The topological polar surface area (TPSA) is 85.4 Å². The number of carbonyl (C=O) groups is 1. The molecular formula is C11H16N2O3. The summed E-state index contributed by atoms with van der Waals surface area (Å²) in [4.78, 5) is 14.8. The molecule has 0 aromatic carbocycles. The summed E-state index contributed by atoms with van der Waals surface area (Å²) in [5.41, 5.74) is 5.79. The second kappa shape index (κ2) is 5.95. The lowest BCUT2D eigenvalue weighted by Gasteiger charge is -2.07. The van der Waals surface area contributed by atoms with Crippen molar-refractivity contribution in [2.24, 2.45) is 0 Å². The van der Waals surface area contributed by atoms with Gasteiger partial charge in [-0.2, -0.15) is 0 Å². The summed E-state index contributed by atoms with van der Waals surface area (Å²) in [5.74, 6) is -0.942. The smallest absolute Gasteiger partial charge is 0.341 e. The predicted octanol–water partition coefficient (Wildman–Crippen LogP) is 1.93. The van der Waals surface area contributed by atoms with E-state index in [1.165, 1.54) is 12.3 Å². The maximum Gasteiger partial charge on any atom is 0.341 e. The van der Waals surface area contributed by atoms with E-state index >= 15 is 0 Å². The Morgan fingerprint density at radius 3 is 2.94 bits per heavy atom. The third-order valence-corrected chi connectivity index (χ3v) is 2.09. The van der Waals surface area contributed by atoms with E-state index in [1.807, 2.05) is 0 Å². The van der Waals surface area contributed by atoms with Crippen LogP contribution in [0.25, 0.3) is 0 Å². The molecule has 3 N–H and O–H groups in total. The van der Waals surface area contributed by atoms with Crippen LogP contribution in [-0.2, 0) is 0 Å². The maximum atomic E-state index is 10.9. The normalized spacial score (nSPS) is 10.1. The molecule has 88 valence electrons. The van der Waals surface area contributed by atoms with E-state index in [0.717, 1.165) is 19.3 Å². The van der Waals surface area contributed by atoms with Crippen LogP contribution in [0.4, 0.5) is 5.69 Å². The monoisotopic (exact) mass is 224 g/mol. The number of pyridine rings is 1. The fraction of sp³-hybridized carbons (Fsp3) is 0.455. The Hall–Kier alpha value is -1.78. The minimum atomic E-state index is -1.08. The van der Waals surface area contributed by atoms with E-state index in [1.54, 1.807) is 0 Å². The lowest BCUT2D eigenvalue weighted by Crippen LogP contribution is -2.07. The Balaban J connectivity index is 2.67. The highest BCUT2D eigenvalue weighted by Crippen LogP contribution is 2.18. The quantitative estimate of drug-likeness (QED) is 0.721. The summed E-state index contributed by atoms with van der Waals surface area (Å²) >= 11 is 0. The summed E-state index contributed by atoms with van der Waals surface area (Å²) in [7, 11) is 0. The molecule has 0 amide bonds. The van der Waals surface area contributed by atoms with E-state index in [2.05, 4.69) is 11.9 Å².